The highest BCUT2D eigenvalue weighted by molar-refractivity contribution is 7.15. The van der Waals surface area contributed by atoms with Crippen molar-refractivity contribution in [1.82, 2.24) is 14.7 Å². The molecule has 0 saturated heterocycles. The molecular formula is C15H16FN3S. The summed E-state index contributed by atoms with van der Waals surface area (Å²) < 4.78 is 15.5. The monoisotopic (exact) mass is 289 g/mol. The molecule has 2 aromatic heterocycles. The molecule has 2 heterocycles. The Labute approximate surface area is 121 Å². The lowest BCUT2D eigenvalue weighted by atomic mass is 9.97. The molecule has 1 unspecified atom stereocenters. The second-order valence-corrected chi connectivity index (χ2v) is 5.74. The van der Waals surface area contributed by atoms with E-state index in [4.69, 9.17) is 0 Å². The molecule has 0 bridgehead atoms. The maximum Gasteiger partial charge on any atom is 0.193 e. The minimum absolute atomic E-state index is 0.0651. The third-order valence-corrected chi connectivity index (χ3v) is 4.29. The molecule has 1 aromatic carbocycles. The van der Waals surface area contributed by atoms with Crippen LogP contribution in [0, 0.1) is 12.7 Å². The van der Waals surface area contributed by atoms with E-state index >= 15 is 0 Å². The number of nitrogens with one attached hydrogen (secondary N) is 1. The summed E-state index contributed by atoms with van der Waals surface area (Å²) in [6, 6.07) is 4.99. The van der Waals surface area contributed by atoms with Gasteiger partial charge in [-0.3, -0.25) is 4.40 Å². The summed E-state index contributed by atoms with van der Waals surface area (Å²) in [6.45, 7) is 2.00. The molecule has 1 atom stereocenters. The second-order valence-electron chi connectivity index (χ2n) is 4.87. The summed E-state index contributed by atoms with van der Waals surface area (Å²) in [6.07, 6.45) is 4.78. The predicted molar refractivity (Wildman–Crippen MR) is 79.7 cm³/mol. The van der Waals surface area contributed by atoms with E-state index in [1.807, 2.05) is 42.2 Å². The largest absolute Gasteiger partial charge is 0.313 e. The Morgan fingerprint density at radius 1 is 1.45 bits per heavy atom. The van der Waals surface area contributed by atoms with E-state index in [1.54, 1.807) is 17.4 Å². The summed E-state index contributed by atoms with van der Waals surface area (Å²) in [5.41, 5.74) is 3.09. The van der Waals surface area contributed by atoms with Crippen LogP contribution >= 0.6 is 11.3 Å². The highest BCUT2D eigenvalue weighted by Gasteiger charge is 2.15. The van der Waals surface area contributed by atoms with Crippen molar-refractivity contribution in [2.24, 2.45) is 0 Å². The molecule has 0 amide bonds. The van der Waals surface area contributed by atoms with Crippen LogP contribution in [0.1, 0.15) is 22.9 Å². The maximum atomic E-state index is 13.5. The van der Waals surface area contributed by atoms with Gasteiger partial charge in [-0.2, -0.15) is 0 Å². The average Bonchev–Trinajstić information content (AvgIpc) is 3.00. The quantitative estimate of drug-likeness (QED) is 0.798. The number of aromatic nitrogens is 2. The van der Waals surface area contributed by atoms with Crippen molar-refractivity contribution in [2.45, 2.75) is 19.4 Å². The summed E-state index contributed by atoms with van der Waals surface area (Å²) >= 11 is 1.62. The number of thiazole rings is 1. The third kappa shape index (κ3) is 2.46. The molecule has 1 N–H and O–H groups in total. The van der Waals surface area contributed by atoms with E-state index in [-0.39, 0.29) is 11.9 Å². The Morgan fingerprint density at radius 3 is 3.05 bits per heavy atom. The Bertz CT molecular complexity index is 703. The molecule has 0 aliphatic heterocycles. The highest BCUT2D eigenvalue weighted by atomic mass is 32.1. The molecule has 0 saturated carbocycles. The van der Waals surface area contributed by atoms with Crippen molar-refractivity contribution < 1.29 is 4.39 Å². The second kappa shape index (κ2) is 5.34. The Balaban J connectivity index is 1.89. The number of fused-ring (bicyclic) bond motifs is 1. The lowest BCUT2D eigenvalue weighted by molar-refractivity contribution is 0.570. The van der Waals surface area contributed by atoms with Crippen molar-refractivity contribution in [1.29, 1.82) is 0 Å². The predicted octanol–water partition coefficient (Wildman–Crippen LogP) is 3.35. The van der Waals surface area contributed by atoms with Crippen molar-refractivity contribution in [3.8, 4) is 0 Å². The summed E-state index contributed by atoms with van der Waals surface area (Å²) in [5.74, 6) is -0.198. The molecule has 5 heteroatoms. The van der Waals surface area contributed by atoms with Gasteiger partial charge in [0.1, 0.15) is 5.82 Å². The van der Waals surface area contributed by atoms with Gasteiger partial charge in [0.05, 0.1) is 5.69 Å². The van der Waals surface area contributed by atoms with E-state index in [0.717, 1.165) is 28.2 Å². The lowest BCUT2D eigenvalue weighted by Gasteiger charge is -2.18. The number of rotatable bonds is 4. The van der Waals surface area contributed by atoms with Crippen LogP contribution in [0.15, 0.2) is 36.0 Å². The average molecular weight is 289 g/mol. The van der Waals surface area contributed by atoms with Crippen LogP contribution in [0.4, 0.5) is 4.39 Å². The van der Waals surface area contributed by atoms with E-state index in [9.17, 15) is 4.39 Å². The van der Waals surface area contributed by atoms with Gasteiger partial charge < -0.3 is 5.32 Å². The van der Waals surface area contributed by atoms with Gasteiger partial charge in [-0.05, 0) is 37.2 Å². The molecular weight excluding hydrogens is 273 g/mol. The molecule has 0 aliphatic rings. The minimum Gasteiger partial charge on any atom is -0.313 e. The molecule has 0 spiro atoms. The fraction of sp³-hybridized carbons (Fsp3) is 0.267. The summed E-state index contributed by atoms with van der Waals surface area (Å²) in [5, 5.41) is 5.27. The fourth-order valence-electron chi connectivity index (χ4n) is 2.44. The van der Waals surface area contributed by atoms with Crippen molar-refractivity contribution in [2.75, 3.05) is 7.05 Å². The first-order valence-electron chi connectivity index (χ1n) is 6.52. The van der Waals surface area contributed by atoms with Gasteiger partial charge in [-0.15, -0.1) is 11.3 Å². The fourth-order valence-corrected chi connectivity index (χ4v) is 3.16. The van der Waals surface area contributed by atoms with Gasteiger partial charge >= 0.3 is 0 Å². The minimum atomic E-state index is -0.198. The SMILES string of the molecule is CNC(Cc1cn2ccsc2n1)c1cc(F)ccc1C. The molecule has 104 valence electrons. The van der Waals surface area contributed by atoms with E-state index in [0.29, 0.717) is 0 Å². The first-order valence-corrected chi connectivity index (χ1v) is 7.39. The van der Waals surface area contributed by atoms with Crippen LogP contribution < -0.4 is 5.32 Å². The molecule has 0 aliphatic carbocycles. The zero-order valence-electron chi connectivity index (χ0n) is 11.4. The third-order valence-electron chi connectivity index (χ3n) is 3.52. The lowest BCUT2D eigenvalue weighted by Crippen LogP contribution is -2.20. The number of hydrogen-bond acceptors (Lipinski definition) is 3. The molecule has 3 aromatic rings. The Morgan fingerprint density at radius 2 is 2.30 bits per heavy atom. The molecule has 3 nitrogen and oxygen atoms in total. The number of benzene rings is 1. The first-order chi connectivity index (χ1) is 9.67. The van der Waals surface area contributed by atoms with Crippen molar-refractivity contribution in [3.63, 3.8) is 0 Å². The number of hydrogen-bond donors (Lipinski definition) is 1. The van der Waals surface area contributed by atoms with Gasteiger partial charge in [0.25, 0.3) is 0 Å². The first kappa shape index (κ1) is 13.3. The van der Waals surface area contributed by atoms with Gasteiger partial charge in [0.15, 0.2) is 4.96 Å². The normalized spacial score (nSPS) is 12.9. The van der Waals surface area contributed by atoms with Crippen molar-refractivity contribution in [3.05, 3.63) is 58.6 Å². The van der Waals surface area contributed by atoms with Crippen LogP contribution in [-0.2, 0) is 6.42 Å². The van der Waals surface area contributed by atoms with E-state index in [1.165, 1.54) is 6.07 Å². The van der Waals surface area contributed by atoms with E-state index in [2.05, 4.69) is 10.3 Å². The zero-order valence-corrected chi connectivity index (χ0v) is 12.2. The topological polar surface area (TPSA) is 29.3 Å². The van der Waals surface area contributed by atoms with E-state index < -0.39 is 0 Å². The van der Waals surface area contributed by atoms with Crippen LogP contribution in [0.2, 0.25) is 0 Å². The Hall–Kier alpha value is -1.72. The summed E-state index contributed by atoms with van der Waals surface area (Å²) in [7, 11) is 1.90. The highest BCUT2D eigenvalue weighted by Crippen LogP contribution is 2.23. The summed E-state index contributed by atoms with van der Waals surface area (Å²) in [4.78, 5) is 5.58. The molecule has 0 fully saturated rings. The van der Waals surface area contributed by atoms with Crippen LogP contribution in [-0.4, -0.2) is 16.4 Å². The number of halogens is 1. The standard InChI is InChI=1S/C15H16FN3S/c1-10-3-4-11(16)7-13(10)14(17-2)8-12-9-19-5-6-20-15(19)18-12/h3-7,9,14,17H,8H2,1-2H3. The Kier molecular flexibility index (Phi) is 3.54. The van der Waals surface area contributed by atoms with Gasteiger partial charge in [-0.1, -0.05) is 6.07 Å². The van der Waals surface area contributed by atoms with Gasteiger partial charge in [0, 0.05) is 30.2 Å². The van der Waals surface area contributed by atoms with Crippen LogP contribution in [0.5, 0.6) is 0 Å². The molecule has 20 heavy (non-hydrogen) atoms. The van der Waals surface area contributed by atoms with Crippen LogP contribution in [0.3, 0.4) is 0 Å². The number of nitrogens with zero attached hydrogens (tertiary/aromatic N) is 2. The number of imidazole rings is 1. The number of aryl methyl sites for hydroxylation is 1. The zero-order chi connectivity index (χ0) is 14.1. The van der Waals surface area contributed by atoms with Gasteiger partial charge in [0.2, 0.25) is 0 Å². The van der Waals surface area contributed by atoms with Gasteiger partial charge in [-0.25, -0.2) is 9.37 Å². The number of likely N-dealkylation sites (N-methyl/N-ethyl adjacent to an activating group) is 1. The van der Waals surface area contributed by atoms with Crippen molar-refractivity contribution >= 4 is 16.3 Å². The maximum absolute atomic E-state index is 13.5. The smallest absolute Gasteiger partial charge is 0.193 e. The molecule has 0 radical (unpaired) electrons. The van der Waals surface area contributed by atoms with Crippen LogP contribution in [0.25, 0.3) is 4.96 Å². The molecule has 3 rings (SSSR count).